The number of hydrogen-bond donors (Lipinski definition) is 1. The zero-order valence-electron chi connectivity index (χ0n) is 15.6. The lowest BCUT2D eigenvalue weighted by atomic mass is 10.1. The number of amides is 1. The molecule has 0 aliphatic carbocycles. The van der Waals surface area contributed by atoms with E-state index in [4.69, 9.17) is 9.47 Å². The zero-order chi connectivity index (χ0) is 20.9. The molecule has 0 unspecified atom stereocenters. The molecular weight excluding hydrogens is 385 g/mol. The normalized spacial score (nSPS) is 11.3. The average molecular weight is 404 g/mol. The molecule has 0 bridgehead atoms. The van der Waals surface area contributed by atoms with Crippen LogP contribution < -0.4 is 14.8 Å². The minimum atomic E-state index is -4.43. The average Bonchev–Trinajstić information content (AvgIpc) is 2.70. The van der Waals surface area contributed by atoms with E-state index in [9.17, 15) is 18.0 Å². The number of halogens is 3. The van der Waals surface area contributed by atoms with Crippen LogP contribution in [0.25, 0.3) is 10.9 Å². The Morgan fingerprint density at radius 1 is 1.10 bits per heavy atom. The van der Waals surface area contributed by atoms with E-state index in [-0.39, 0.29) is 23.8 Å². The number of carbonyl (C=O) groups is 1. The van der Waals surface area contributed by atoms with Gasteiger partial charge in [-0.1, -0.05) is 12.1 Å². The Balaban J connectivity index is 1.58. The van der Waals surface area contributed by atoms with Crippen molar-refractivity contribution in [3.8, 4) is 11.5 Å². The van der Waals surface area contributed by atoms with Gasteiger partial charge in [0.1, 0.15) is 0 Å². The van der Waals surface area contributed by atoms with Crippen molar-refractivity contribution in [2.24, 2.45) is 0 Å². The van der Waals surface area contributed by atoms with E-state index in [0.29, 0.717) is 12.1 Å². The number of nitrogens with zero attached hydrogens (tertiary/aromatic N) is 1. The third-order valence-electron chi connectivity index (χ3n) is 4.15. The molecule has 0 spiro atoms. The second-order valence-corrected chi connectivity index (χ2v) is 6.35. The summed E-state index contributed by atoms with van der Waals surface area (Å²) < 4.78 is 46.8. The number of rotatable bonds is 7. The van der Waals surface area contributed by atoms with Crippen LogP contribution in [-0.2, 0) is 11.2 Å². The lowest BCUT2D eigenvalue weighted by molar-refractivity contribution is -0.153. The Morgan fingerprint density at radius 3 is 2.69 bits per heavy atom. The van der Waals surface area contributed by atoms with Crippen molar-refractivity contribution in [1.29, 1.82) is 0 Å². The first kappa shape index (κ1) is 20.4. The monoisotopic (exact) mass is 404 g/mol. The number of anilines is 1. The summed E-state index contributed by atoms with van der Waals surface area (Å²) in [5.41, 5.74) is 2.26. The van der Waals surface area contributed by atoms with Gasteiger partial charge in [0, 0.05) is 23.7 Å². The second kappa shape index (κ2) is 8.81. The SMILES string of the molecule is COc1cc(CCC(=O)Nc2ccc3ncccc3c2)ccc1OCC(F)(F)F. The van der Waals surface area contributed by atoms with Crippen molar-refractivity contribution >= 4 is 22.5 Å². The van der Waals surface area contributed by atoms with Crippen LogP contribution in [-0.4, -0.2) is 30.8 Å². The van der Waals surface area contributed by atoms with Crippen LogP contribution in [0, 0.1) is 0 Å². The summed E-state index contributed by atoms with van der Waals surface area (Å²) >= 11 is 0. The molecule has 0 atom stereocenters. The molecule has 0 aliphatic heterocycles. The first-order valence-corrected chi connectivity index (χ1v) is 8.85. The van der Waals surface area contributed by atoms with E-state index in [1.165, 1.54) is 13.2 Å². The summed E-state index contributed by atoms with van der Waals surface area (Å²) in [7, 11) is 1.35. The quantitative estimate of drug-likeness (QED) is 0.617. The Bertz CT molecular complexity index is 1010. The van der Waals surface area contributed by atoms with Crippen LogP contribution in [0.5, 0.6) is 11.5 Å². The number of benzene rings is 2. The highest BCUT2D eigenvalue weighted by Gasteiger charge is 2.29. The number of nitrogens with one attached hydrogen (secondary N) is 1. The molecule has 29 heavy (non-hydrogen) atoms. The Labute approximate surface area is 165 Å². The van der Waals surface area contributed by atoms with Crippen LogP contribution in [0.3, 0.4) is 0 Å². The maximum absolute atomic E-state index is 12.3. The van der Waals surface area contributed by atoms with Crippen molar-refractivity contribution in [3.05, 3.63) is 60.3 Å². The summed E-state index contributed by atoms with van der Waals surface area (Å²) in [5.74, 6) is 0.0154. The number of carbonyl (C=O) groups excluding carboxylic acids is 1. The second-order valence-electron chi connectivity index (χ2n) is 6.35. The molecule has 3 aromatic rings. The molecule has 3 rings (SSSR count). The van der Waals surface area contributed by atoms with Crippen LogP contribution in [0.4, 0.5) is 18.9 Å². The standard InChI is InChI=1S/C21H19F3N2O3/c1-28-19-11-14(4-8-18(19)29-13-21(22,23)24)5-9-20(27)26-16-6-7-17-15(12-16)3-2-10-25-17/h2-4,6-8,10-12H,5,9,13H2,1H3,(H,26,27). The molecule has 0 fully saturated rings. The summed E-state index contributed by atoms with van der Waals surface area (Å²) in [6, 6.07) is 13.8. The third-order valence-corrected chi connectivity index (χ3v) is 4.15. The summed E-state index contributed by atoms with van der Waals surface area (Å²) in [6.07, 6.45) is -2.12. The van der Waals surface area contributed by atoms with Gasteiger partial charge in [-0.15, -0.1) is 0 Å². The Kier molecular flexibility index (Phi) is 6.21. The maximum atomic E-state index is 12.3. The van der Waals surface area contributed by atoms with Crippen molar-refractivity contribution in [2.75, 3.05) is 19.0 Å². The number of fused-ring (bicyclic) bond motifs is 1. The molecule has 8 heteroatoms. The largest absolute Gasteiger partial charge is 0.493 e. The van der Waals surface area contributed by atoms with Gasteiger partial charge in [0.2, 0.25) is 5.91 Å². The smallest absolute Gasteiger partial charge is 0.422 e. The Hall–Kier alpha value is -3.29. The summed E-state index contributed by atoms with van der Waals surface area (Å²) in [4.78, 5) is 16.5. The lowest BCUT2D eigenvalue weighted by Gasteiger charge is -2.13. The molecule has 1 aromatic heterocycles. The molecule has 2 aromatic carbocycles. The van der Waals surface area contributed by atoms with Gasteiger partial charge in [-0.2, -0.15) is 13.2 Å². The van der Waals surface area contributed by atoms with Gasteiger partial charge in [-0.3, -0.25) is 9.78 Å². The van der Waals surface area contributed by atoms with E-state index < -0.39 is 12.8 Å². The molecule has 0 saturated heterocycles. The molecule has 5 nitrogen and oxygen atoms in total. The first-order valence-electron chi connectivity index (χ1n) is 8.85. The van der Waals surface area contributed by atoms with Crippen LogP contribution in [0.2, 0.25) is 0 Å². The highest BCUT2D eigenvalue weighted by molar-refractivity contribution is 5.93. The van der Waals surface area contributed by atoms with Gasteiger partial charge >= 0.3 is 6.18 Å². The van der Waals surface area contributed by atoms with Crippen molar-refractivity contribution in [1.82, 2.24) is 4.98 Å². The zero-order valence-corrected chi connectivity index (χ0v) is 15.6. The number of aryl methyl sites for hydroxylation is 1. The fourth-order valence-corrected chi connectivity index (χ4v) is 2.78. The number of ether oxygens (including phenoxy) is 2. The molecule has 0 radical (unpaired) electrons. The van der Waals surface area contributed by atoms with Crippen LogP contribution in [0.15, 0.2) is 54.7 Å². The molecule has 0 saturated carbocycles. The minimum Gasteiger partial charge on any atom is -0.493 e. The summed E-state index contributed by atoms with van der Waals surface area (Å²) in [5, 5.41) is 3.75. The molecule has 1 amide bonds. The van der Waals surface area contributed by atoms with Gasteiger partial charge in [-0.25, -0.2) is 0 Å². The molecule has 152 valence electrons. The van der Waals surface area contributed by atoms with Gasteiger partial charge < -0.3 is 14.8 Å². The van der Waals surface area contributed by atoms with E-state index >= 15 is 0 Å². The van der Waals surface area contributed by atoms with Gasteiger partial charge in [0.05, 0.1) is 12.6 Å². The first-order chi connectivity index (χ1) is 13.8. The maximum Gasteiger partial charge on any atom is 0.422 e. The molecule has 1 heterocycles. The fourth-order valence-electron chi connectivity index (χ4n) is 2.78. The van der Waals surface area contributed by atoms with Crippen LogP contribution >= 0.6 is 0 Å². The number of methoxy groups -OCH3 is 1. The van der Waals surface area contributed by atoms with Crippen molar-refractivity contribution in [2.45, 2.75) is 19.0 Å². The van der Waals surface area contributed by atoms with Crippen molar-refractivity contribution < 1.29 is 27.4 Å². The number of alkyl halides is 3. The number of pyridine rings is 1. The molecule has 0 aliphatic rings. The van der Waals surface area contributed by atoms with E-state index in [1.807, 2.05) is 24.3 Å². The van der Waals surface area contributed by atoms with E-state index in [1.54, 1.807) is 24.4 Å². The third kappa shape index (κ3) is 5.84. The van der Waals surface area contributed by atoms with Gasteiger partial charge in [-0.05, 0) is 48.4 Å². The predicted molar refractivity (Wildman–Crippen MR) is 103 cm³/mol. The van der Waals surface area contributed by atoms with Gasteiger partial charge in [0.25, 0.3) is 0 Å². The minimum absolute atomic E-state index is 0.00259. The Morgan fingerprint density at radius 2 is 1.93 bits per heavy atom. The molecular formula is C21H19F3N2O3. The van der Waals surface area contributed by atoms with Crippen LogP contribution in [0.1, 0.15) is 12.0 Å². The molecule has 1 N–H and O–H groups in total. The number of aromatic nitrogens is 1. The topological polar surface area (TPSA) is 60.5 Å². The summed E-state index contributed by atoms with van der Waals surface area (Å²) in [6.45, 7) is -1.40. The fraction of sp³-hybridized carbons (Fsp3) is 0.238. The van der Waals surface area contributed by atoms with Crippen molar-refractivity contribution in [3.63, 3.8) is 0 Å². The van der Waals surface area contributed by atoms with E-state index in [2.05, 4.69) is 10.3 Å². The predicted octanol–water partition coefficient (Wildman–Crippen LogP) is 4.76. The highest BCUT2D eigenvalue weighted by atomic mass is 19.4. The van der Waals surface area contributed by atoms with E-state index in [0.717, 1.165) is 16.5 Å². The van der Waals surface area contributed by atoms with Gasteiger partial charge in [0.15, 0.2) is 18.1 Å². The lowest BCUT2D eigenvalue weighted by Crippen LogP contribution is -2.19. The highest BCUT2D eigenvalue weighted by Crippen LogP contribution is 2.30. The number of hydrogen-bond acceptors (Lipinski definition) is 4.